The van der Waals surface area contributed by atoms with Crippen molar-refractivity contribution in [2.75, 3.05) is 0 Å². The monoisotopic (exact) mass is 253 g/mol. The normalized spacial score (nSPS) is 43.9. The zero-order chi connectivity index (χ0) is 13.5. The maximum absolute atomic E-state index is 11.4. The van der Waals surface area contributed by atoms with E-state index in [0.29, 0.717) is 0 Å². The highest BCUT2D eigenvalue weighted by Gasteiger charge is 2.49. The van der Waals surface area contributed by atoms with Crippen LogP contribution in [0.1, 0.15) is 40.5 Å². The average molecular weight is 253 g/mol. The zero-order valence-corrected chi connectivity index (χ0v) is 11.6. The highest BCUT2D eigenvalue weighted by molar-refractivity contribution is 5.73. The van der Waals surface area contributed by atoms with Crippen molar-refractivity contribution in [1.82, 2.24) is 5.32 Å². The van der Waals surface area contributed by atoms with E-state index in [1.54, 1.807) is 6.92 Å². The molecule has 0 spiro atoms. The Hall–Kier alpha value is -0.870. The Morgan fingerprint density at radius 1 is 1.61 bits per heavy atom. The van der Waals surface area contributed by atoms with Crippen molar-refractivity contribution in [3.63, 3.8) is 0 Å². The Labute approximate surface area is 108 Å². The standard InChI is InChI=1S/C14H23NO3/c1-8-5-6-11-13(12(8)17)18-9(2)7-14(11,4)15-10(3)16/h5,9,11-13,17H,6-7H2,1-4H3,(H,15,16)/t9-,11-,12-,13-,14+/m1/s1. The highest BCUT2D eigenvalue weighted by Crippen LogP contribution is 2.41. The van der Waals surface area contributed by atoms with Gasteiger partial charge in [0.15, 0.2) is 0 Å². The Morgan fingerprint density at radius 2 is 2.28 bits per heavy atom. The Bertz CT molecular complexity index is 379. The molecule has 4 heteroatoms. The van der Waals surface area contributed by atoms with Crippen LogP contribution in [0.15, 0.2) is 11.6 Å². The van der Waals surface area contributed by atoms with E-state index < -0.39 is 6.10 Å². The molecule has 2 aliphatic rings. The van der Waals surface area contributed by atoms with E-state index in [2.05, 4.69) is 18.3 Å². The third-order valence-corrected chi connectivity index (χ3v) is 4.25. The van der Waals surface area contributed by atoms with Gasteiger partial charge in [-0.3, -0.25) is 4.79 Å². The van der Waals surface area contributed by atoms with Crippen LogP contribution < -0.4 is 5.32 Å². The van der Waals surface area contributed by atoms with Crippen LogP contribution in [-0.2, 0) is 9.53 Å². The predicted octanol–water partition coefficient (Wildman–Crippen LogP) is 1.39. The molecular weight excluding hydrogens is 230 g/mol. The summed E-state index contributed by atoms with van der Waals surface area (Å²) < 4.78 is 5.91. The molecular formula is C14H23NO3. The van der Waals surface area contributed by atoms with Gasteiger partial charge in [-0.15, -0.1) is 0 Å². The number of hydrogen-bond acceptors (Lipinski definition) is 3. The van der Waals surface area contributed by atoms with Crippen molar-refractivity contribution in [2.24, 2.45) is 5.92 Å². The first-order chi connectivity index (χ1) is 8.33. The first-order valence-corrected chi connectivity index (χ1v) is 6.62. The molecule has 2 N–H and O–H groups in total. The third kappa shape index (κ3) is 2.31. The summed E-state index contributed by atoms with van der Waals surface area (Å²) in [7, 11) is 0. The minimum absolute atomic E-state index is 0.0221. The van der Waals surface area contributed by atoms with Crippen LogP contribution in [0.4, 0.5) is 0 Å². The smallest absolute Gasteiger partial charge is 0.217 e. The van der Waals surface area contributed by atoms with E-state index in [9.17, 15) is 9.90 Å². The molecule has 1 fully saturated rings. The van der Waals surface area contributed by atoms with Crippen LogP contribution >= 0.6 is 0 Å². The van der Waals surface area contributed by atoms with Crippen molar-refractivity contribution in [3.05, 3.63) is 11.6 Å². The summed E-state index contributed by atoms with van der Waals surface area (Å²) >= 11 is 0. The minimum Gasteiger partial charge on any atom is -0.386 e. The number of carbonyl (C=O) groups excluding carboxylic acids is 1. The molecule has 1 heterocycles. The van der Waals surface area contributed by atoms with Crippen LogP contribution in [0, 0.1) is 5.92 Å². The molecule has 18 heavy (non-hydrogen) atoms. The van der Waals surface area contributed by atoms with Crippen LogP contribution in [0.2, 0.25) is 0 Å². The molecule has 0 aromatic heterocycles. The number of aliphatic hydroxyl groups excluding tert-OH is 1. The van der Waals surface area contributed by atoms with Crippen molar-refractivity contribution < 1.29 is 14.6 Å². The van der Waals surface area contributed by atoms with Gasteiger partial charge in [0.2, 0.25) is 5.91 Å². The van der Waals surface area contributed by atoms with Crippen molar-refractivity contribution in [1.29, 1.82) is 0 Å². The van der Waals surface area contributed by atoms with Crippen LogP contribution in [0.5, 0.6) is 0 Å². The predicted molar refractivity (Wildman–Crippen MR) is 69.0 cm³/mol. The first-order valence-electron chi connectivity index (χ1n) is 6.62. The van der Waals surface area contributed by atoms with E-state index in [-0.39, 0.29) is 29.6 Å². The zero-order valence-electron chi connectivity index (χ0n) is 11.6. The molecule has 1 saturated heterocycles. The number of ether oxygens (including phenoxy) is 1. The van der Waals surface area contributed by atoms with Gasteiger partial charge in [-0.2, -0.15) is 0 Å². The fourth-order valence-corrected chi connectivity index (χ4v) is 3.45. The summed E-state index contributed by atoms with van der Waals surface area (Å²) in [5.41, 5.74) is 0.669. The lowest BCUT2D eigenvalue weighted by Crippen LogP contribution is -2.63. The van der Waals surface area contributed by atoms with Crippen LogP contribution in [0.25, 0.3) is 0 Å². The molecule has 0 saturated carbocycles. The number of allylic oxidation sites excluding steroid dienone is 1. The Balaban J connectivity index is 2.29. The van der Waals surface area contributed by atoms with Crippen LogP contribution in [-0.4, -0.2) is 34.9 Å². The van der Waals surface area contributed by atoms with Gasteiger partial charge < -0.3 is 15.2 Å². The van der Waals surface area contributed by atoms with E-state index >= 15 is 0 Å². The van der Waals surface area contributed by atoms with E-state index in [1.165, 1.54) is 0 Å². The van der Waals surface area contributed by atoms with E-state index in [1.807, 2.05) is 13.8 Å². The van der Waals surface area contributed by atoms with Gasteiger partial charge in [0, 0.05) is 18.4 Å². The van der Waals surface area contributed by atoms with Gasteiger partial charge in [0.05, 0.1) is 12.2 Å². The SMILES string of the molecule is CC(=O)N[C@@]1(C)C[C@@H](C)O[C@H]2[C@H](O)C(C)=CC[C@H]21. The second kappa shape index (κ2) is 4.67. The summed E-state index contributed by atoms with van der Waals surface area (Å²) in [5, 5.41) is 13.3. The topological polar surface area (TPSA) is 58.6 Å². The van der Waals surface area contributed by atoms with Gasteiger partial charge in [0.1, 0.15) is 6.10 Å². The summed E-state index contributed by atoms with van der Waals surface area (Å²) in [6.45, 7) is 7.53. The van der Waals surface area contributed by atoms with Crippen molar-refractivity contribution in [2.45, 2.75) is 64.4 Å². The number of hydrogen-bond donors (Lipinski definition) is 2. The molecule has 1 aliphatic carbocycles. The lowest BCUT2D eigenvalue weighted by molar-refractivity contribution is -0.158. The molecule has 0 radical (unpaired) electrons. The number of aliphatic hydroxyl groups is 1. The Kier molecular flexibility index (Phi) is 3.52. The average Bonchev–Trinajstić information content (AvgIpc) is 2.22. The molecule has 1 aliphatic heterocycles. The largest absolute Gasteiger partial charge is 0.386 e. The number of nitrogens with one attached hydrogen (secondary N) is 1. The van der Waals surface area contributed by atoms with Crippen molar-refractivity contribution >= 4 is 5.91 Å². The third-order valence-electron chi connectivity index (χ3n) is 4.25. The fraction of sp³-hybridized carbons (Fsp3) is 0.786. The fourth-order valence-electron chi connectivity index (χ4n) is 3.45. The number of carbonyl (C=O) groups is 1. The molecule has 5 atom stereocenters. The molecule has 2 rings (SSSR count). The second-order valence-corrected chi connectivity index (χ2v) is 5.95. The molecule has 0 aromatic carbocycles. The molecule has 1 amide bonds. The first kappa shape index (κ1) is 13.6. The summed E-state index contributed by atoms with van der Waals surface area (Å²) in [5.74, 6) is 0.113. The number of amides is 1. The van der Waals surface area contributed by atoms with E-state index in [0.717, 1.165) is 18.4 Å². The molecule has 4 nitrogen and oxygen atoms in total. The number of rotatable bonds is 1. The van der Waals surface area contributed by atoms with Gasteiger partial charge in [0.25, 0.3) is 0 Å². The van der Waals surface area contributed by atoms with Gasteiger partial charge in [-0.05, 0) is 39.2 Å². The molecule has 0 bridgehead atoms. The van der Waals surface area contributed by atoms with E-state index in [4.69, 9.17) is 4.74 Å². The maximum Gasteiger partial charge on any atom is 0.217 e. The van der Waals surface area contributed by atoms with Gasteiger partial charge >= 0.3 is 0 Å². The van der Waals surface area contributed by atoms with Gasteiger partial charge in [-0.25, -0.2) is 0 Å². The Morgan fingerprint density at radius 3 is 2.89 bits per heavy atom. The highest BCUT2D eigenvalue weighted by atomic mass is 16.5. The second-order valence-electron chi connectivity index (χ2n) is 5.95. The molecule has 0 aromatic rings. The van der Waals surface area contributed by atoms with Crippen LogP contribution in [0.3, 0.4) is 0 Å². The molecule has 102 valence electrons. The lowest BCUT2D eigenvalue weighted by Gasteiger charge is -2.51. The summed E-state index contributed by atoms with van der Waals surface area (Å²) in [6.07, 6.45) is 2.97. The quantitative estimate of drug-likeness (QED) is 0.694. The minimum atomic E-state index is -0.556. The summed E-state index contributed by atoms with van der Waals surface area (Å²) in [4.78, 5) is 11.4. The van der Waals surface area contributed by atoms with Crippen molar-refractivity contribution in [3.8, 4) is 0 Å². The molecule has 0 unspecified atom stereocenters. The number of fused-ring (bicyclic) bond motifs is 1. The maximum atomic E-state index is 11.4. The lowest BCUT2D eigenvalue weighted by atomic mass is 9.69. The van der Waals surface area contributed by atoms with Gasteiger partial charge in [-0.1, -0.05) is 6.08 Å². The summed E-state index contributed by atoms with van der Waals surface area (Å²) in [6, 6.07) is 0.